The summed E-state index contributed by atoms with van der Waals surface area (Å²) < 4.78 is 18.3. The van der Waals surface area contributed by atoms with Gasteiger partial charge in [-0.05, 0) is 59.0 Å². The monoisotopic (exact) mass is 446 g/mol. The number of aromatic hydroxyl groups is 2. The largest absolute Gasteiger partial charge is 0.507 e. The molecule has 0 spiro atoms. The third-order valence-electron chi connectivity index (χ3n) is 5.30. The van der Waals surface area contributed by atoms with Crippen molar-refractivity contribution >= 4 is 22.7 Å². The predicted molar refractivity (Wildman–Crippen MR) is 119 cm³/mol. The molecule has 3 N–H and O–H groups in total. The van der Waals surface area contributed by atoms with Crippen LogP contribution in [0.5, 0.6) is 11.5 Å². The van der Waals surface area contributed by atoms with Crippen molar-refractivity contribution in [1.82, 2.24) is 0 Å². The summed E-state index contributed by atoms with van der Waals surface area (Å²) in [7, 11) is 0. The van der Waals surface area contributed by atoms with E-state index in [-0.39, 0.29) is 47.0 Å². The van der Waals surface area contributed by atoms with E-state index < -0.39 is 11.9 Å². The molecule has 33 heavy (non-hydrogen) atoms. The molecule has 0 aliphatic carbocycles. The van der Waals surface area contributed by atoms with Gasteiger partial charge in [0, 0.05) is 17.4 Å². The van der Waals surface area contributed by atoms with E-state index in [9.17, 15) is 24.2 Å². The SMILES string of the molecule is O=C(O)c1ccc(Cc2c(O)cc3ccc(C(=O)OCc4ccc(F)cc4)cc3c2O)cc1. The van der Waals surface area contributed by atoms with Crippen LogP contribution in [0, 0.1) is 5.82 Å². The van der Waals surface area contributed by atoms with Gasteiger partial charge in [-0.1, -0.05) is 30.3 Å². The maximum absolute atomic E-state index is 13.0. The molecule has 0 radical (unpaired) electrons. The van der Waals surface area contributed by atoms with Gasteiger partial charge >= 0.3 is 11.9 Å². The van der Waals surface area contributed by atoms with Gasteiger partial charge in [0.25, 0.3) is 0 Å². The highest BCUT2D eigenvalue weighted by Crippen LogP contribution is 2.37. The number of halogens is 1. The van der Waals surface area contributed by atoms with Crippen molar-refractivity contribution in [3.05, 3.63) is 106 Å². The maximum Gasteiger partial charge on any atom is 0.338 e. The molecule has 0 atom stereocenters. The lowest BCUT2D eigenvalue weighted by Gasteiger charge is -2.12. The van der Waals surface area contributed by atoms with Crippen LogP contribution in [0.1, 0.15) is 37.4 Å². The first-order chi connectivity index (χ1) is 15.8. The molecule has 166 valence electrons. The van der Waals surface area contributed by atoms with Crippen LogP contribution < -0.4 is 0 Å². The van der Waals surface area contributed by atoms with Crippen LogP contribution in [-0.2, 0) is 17.8 Å². The number of benzene rings is 4. The smallest absolute Gasteiger partial charge is 0.338 e. The second kappa shape index (κ2) is 9.00. The summed E-state index contributed by atoms with van der Waals surface area (Å²) in [5.74, 6) is -2.34. The Kier molecular flexibility index (Phi) is 5.95. The molecular weight excluding hydrogens is 427 g/mol. The summed E-state index contributed by atoms with van der Waals surface area (Å²) in [5, 5.41) is 31.2. The number of hydrogen-bond donors (Lipinski definition) is 3. The van der Waals surface area contributed by atoms with E-state index in [1.165, 1.54) is 54.6 Å². The van der Waals surface area contributed by atoms with Crippen molar-refractivity contribution < 1.29 is 34.0 Å². The van der Waals surface area contributed by atoms with E-state index in [1.54, 1.807) is 18.2 Å². The van der Waals surface area contributed by atoms with Gasteiger partial charge in [0.15, 0.2) is 0 Å². The minimum atomic E-state index is -1.04. The fourth-order valence-electron chi connectivity index (χ4n) is 3.49. The lowest BCUT2D eigenvalue weighted by Crippen LogP contribution is -2.05. The Balaban J connectivity index is 1.59. The fourth-order valence-corrected chi connectivity index (χ4v) is 3.49. The van der Waals surface area contributed by atoms with E-state index in [4.69, 9.17) is 9.84 Å². The van der Waals surface area contributed by atoms with Gasteiger partial charge in [0.05, 0.1) is 11.1 Å². The molecule has 0 aromatic heterocycles. The first kappa shape index (κ1) is 21.8. The van der Waals surface area contributed by atoms with E-state index in [1.807, 2.05) is 0 Å². The predicted octanol–water partition coefficient (Wildman–Crippen LogP) is 5.04. The summed E-state index contributed by atoms with van der Waals surface area (Å²) in [5.41, 5.74) is 1.92. The number of fused-ring (bicyclic) bond motifs is 1. The quantitative estimate of drug-likeness (QED) is 0.359. The molecule has 4 aromatic carbocycles. The van der Waals surface area contributed by atoms with Gasteiger partial charge in [0.1, 0.15) is 23.9 Å². The number of rotatable bonds is 6. The van der Waals surface area contributed by atoms with Crippen molar-refractivity contribution in [3.8, 4) is 11.5 Å². The van der Waals surface area contributed by atoms with Crippen LogP contribution in [0.4, 0.5) is 4.39 Å². The lowest BCUT2D eigenvalue weighted by molar-refractivity contribution is 0.0472. The van der Waals surface area contributed by atoms with Gasteiger partial charge in [-0.25, -0.2) is 14.0 Å². The summed E-state index contributed by atoms with van der Waals surface area (Å²) in [4.78, 5) is 23.5. The van der Waals surface area contributed by atoms with Crippen LogP contribution in [0.2, 0.25) is 0 Å². The standard InChI is InChI=1S/C26H19FO6/c27-20-9-3-16(4-10-20)14-33-26(32)19-8-7-18-13-23(28)22(24(29)21(18)12-19)11-15-1-5-17(6-2-15)25(30)31/h1-10,12-13,28-29H,11,14H2,(H,30,31). The lowest BCUT2D eigenvalue weighted by atomic mass is 9.97. The highest BCUT2D eigenvalue weighted by molar-refractivity contribution is 5.98. The van der Waals surface area contributed by atoms with Crippen LogP contribution in [0.3, 0.4) is 0 Å². The topological polar surface area (TPSA) is 104 Å². The molecule has 0 saturated heterocycles. The minimum absolute atomic E-state index is 0.0314. The van der Waals surface area contributed by atoms with E-state index in [0.717, 1.165) is 0 Å². The van der Waals surface area contributed by atoms with E-state index in [0.29, 0.717) is 21.9 Å². The molecule has 7 heteroatoms. The Morgan fingerprint density at radius 1 is 0.818 bits per heavy atom. The number of carboxylic acids is 1. The fraction of sp³-hybridized carbons (Fsp3) is 0.0769. The van der Waals surface area contributed by atoms with Gasteiger partial charge in [0.2, 0.25) is 0 Å². The van der Waals surface area contributed by atoms with E-state index in [2.05, 4.69) is 0 Å². The third kappa shape index (κ3) is 4.77. The zero-order valence-electron chi connectivity index (χ0n) is 17.3. The summed E-state index contributed by atoms with van der Waals surface area (Å²) in [6.07, 6.45) is 0.159. The highest BCUT2D eigenvalue weighted by Gasteiger charge is 2.16. The molecule has 0 aliphatic heterocycles. The molecular formula is C26H19FO6. The van der Waals surface area contributed by atoms with Gasteiger partial charge in [-0.2, -0.15) is 0 Å². The number of carbonyl (C=O) groups is 2. The molecule has 0 heterocycles. The maximum atomic E-state index is 13.0. The summed E-state index contributed by atoms with van der Waals surface area (Å²) in [6, 6.07) is 17.8. The molecule has 0 unspecified atom stereocenters. The summed E-state index contributed by atoms with van der Waals surface area (Å²) >= 11 is 0. The number of esters is 1. The Morgan fingerprint density at radius 2 is 1.45 bits per heavy atom. The number of phenolic OH excluding ortho intramolecular Hbond substituents is 2. The van der Waals surface area contributed by atoms with Crippen molar-refractivity contribution in [3.63, 3.8) is 0 Å². The zero-order chi connectivity index (χ0) is 23.5. The van der Waals surface area contributed by atoms with Crippen molar-refractivity contribution in [1.29, 1.82) is 0 Å². The Hall–Kier alpha value is -4.39. The summed E-state index contributed by atoms with van der Waals surface area (Å²) in [6.45, 7) is -0.0314. The minimum Gasteiger partial charge on any atom is -0.507 e. The number of carboxylic acid groups (broad SMARTS) is 1. The second-order valence-corrected chi connectivity index (χ2v) is 7.54. The zero-order valence-corrected chi connectivity index (χ0v) is 17.3. The van der Waals surface area contributed by atoms with Crippen molar-refractivity contribution in [2.24, 2.45) is 0 Å². The number of aromatic carboxylic acids is 1. The first-order valence-corrected chi connectivity index (χ1v) is 10.0. The van der Waals surface area contributed by atoms with Crippen LogP contribution >= 0.6 is 0 Å². The number of ether oxygens (including phenoxy) is 1. The van der Waals surface area contributed by atoms with Crippen LogP contribution in [-0.4, -0.2) is 27.3 Å². The number of hydrogen-bond acceptors (Lipinski definition) is 5. The van der Waals surface area contributed by atoms with Crippen molar-refractivity contribution in [2.75, 3.05) is 0 Å². The first-order valence-electron chi connectivity index (χ1n) is 10.0. The molecule has 0 bridgehead atoms. The van der Waals surface area contributed by atoms with Crippen molar-refractivity contribution in [2.45, 2.75) is 13.0 Å². The molecule has 4 aromatic rings. The molecule has 0 aliphatic rings. The molecule has 6 nitrogen and oxygen atoms in total. The molecule has 0 amide bonds. The Bertz CT molecular complexity index is 1340. The second-order valence-electron chi connectivity index (χ2n) is 7.54. The Labute approximate surface area is 188 Å². The highest BCUT2D eigenvalue weighted by atomic mass is 19.1. The molecule has 4 rings (SSSR count). The normalized spacial score (nSPS) is 10.8. The average Bonchev–Trinajstić information content (AvgIpc) is 2.81. The van der Waals surface area contributed by atoms with Gasteiger partial charge in [-0.15, -0.1) is 0 Å². The van der Waals surface area contributed by atoms with Gasteiger partial charge in [-0.3, -0.25) is 0 Å². The van der Waals surface area contributed by atoms with Crippen LogP contribution in [0.15, 0.2) is 72.8 Å². The average molecular weight is 446 g/mol. The molecule has 0 saturated carbocycles. The van der Waals surface area contributed by atoms with Gasteiger partial charge < -0.3 is 20.1 Å². The number of phenols is 2. The number of carbonyl (C=O) groups excluding carboxylic acids is 1. The molecule has 0 fully saturated rings. The van der Waals surface area contributed by atoms with Crippen LogP contribution in [0.25, 0.3) is 10.8 Å². The Morgan fingerprint density at radius 3 is 2.12 bits per heavy atom. The van der Waals surface area contributed by atoms with E-state index >= 15 is 0 Å². The third-order valence-corrected chi connectivity index (χ3v) is 5.30.